The third kappa shape index (κ3) is 3.79. The average molecular weight is 322 g/mol. The molecule has 5 nitrogen and oxygen atoms in total. The fraction of sp³-hybridized carbons (Fsp3) is 0.300. The van der Waals surface area contributed by atoms with Crippen LogP contribution in [0.5, 0.6) is 0 Å². The summed E-state index contributed by atoms with van der Waals surface area (Å²) in [6, 6.07) is 6.24. The zero-order valence-corrected chi connectivity index (χ0v) is 11.7. The van der Waals surface area contributed by atoms with Gasteiger partial charge in [0.15, 0.2) is 0 Å². The summed E-state index contributed by atoms with van der Waals surface area (Å²) < 4.78 is 23.9. The minimum atomic E-state index is -3.86. The predicted molar refractivity (Wildman–Crippen MR) is 65.4 cm³/mol. The molecule has 1 rings (SSSR count). The van der Waals surface area contributed by atoms with Gasteiger partial charge >= 0.3 is 5.97 Å². The lowest BCUT2D eigenvalue weighted by molar-refractivity contribution is -0.150. The molecule has 0 saturated carbocycles. The van der Waals surface area contributed by atoms with Gasteiger partial charge in [0.05, 0.1) is 10.8 Å². The van der Waals surface area contributed by atoms with Crippen molar-refractivity contribution in [2.75, 3.05) is 0 Å². The Bertz CT molecular complexity index is 513. The number of hydrogen-bond donors (Lipinski definition) is 1. The van der Waals surface area contributed by atoms with Crippen molar-refractivity contribution >= 4 is 31.9 Å². The molecule has 1 aromatic rings. The summed E-state index contributed by atoms with van der Waals surface area (Å²) >= 11 is 3.11. The molecule has 0 bridgehead atoms. The van der Waals surface area contributed by atoms with Gasteiger partial charge in [0.25, 0.3) is 10.0 Å². The Morgan fingerprint density at radius 2 is 1.94 bits per heavy atom. The number of hydrogen-bond acceptors (Lipinski definition) is 4. The highest BCUT2D eigenvalue weighted by atomic mass is 79.9. The van der Waals surface area contributed by atoms with E-state index in [1.165, 1.54) is 6.07 Å². The van der Waals surface area contributed by atoms with Crippen molar-refractivity contribution in [1.82, 2.24) is 4.89 Å². The molecular formula is C10H12BrNO4S. The Hall–Kier alpha value is -0.920. The van der Waals surface area contributed by atoms with Crippen LogP contribution in [0.3, 0.4) is 0 Å². The Balaban J connectivity index is 2.84. The summed E-state index contributed by atoms with van der Waals surface area (Å²) in [7, 11) is -3.86. The molecule has 0 atom stereocenters. The molecule has 1 N–H and O–H groups in total. The van der Waals surface area contributed by atoms with Crippen molar-refractivity contribution in [3.8, 4) is 0 Å². The number of rotatable bonds is 4. The van der Waals surface area contributed by atoms with Gasteiger partial charge in [-0.3, -0.25) is 4.79 Å². The smallest absolute Gasteiger partial charge is 0.328 e. The van der Waals surface area contributed by atoms with E-state index in [1.807, 2.05) is 0 Å². The first-order valence-electron chi connectivity index (χ1n) is 4.81. The molecule has 0 spiro atoms. The van der Waals surface area contributed by atoms with E-state index >= 15 is 0 Å². The van der Waals surface area contributed by atoms with Crippen molar-refractivity contribution < 1.29 is 18.0 Å². The zero-order chi connectivity index (χ0) is 13.1. The van der Waals surface area contributed by atoms with Gasteiger partial charge in [-0.2, -0.15) is 0 Å². The summed E-state index contributed by atoms with van der Waals surface area (Å²) in [4.78, 5) is 17.4. The van der Waals surface area contributed by atoms with Gasteiger partial charge in [0.2, 0.25) is 0 Å². The Labute approximate surface area is 108 Å². The second-order valence-electron chi connectivity index (χ2n) is 3.59. The van der Waals surface area contributed by atoms with Crippen LogP contribution in [0.1, 0.15) is 13.8 Å². The molecule has 0 aliphatic heterocycles. The number of sulfonamides is 1. The third-order valence-corrected chi connectivity index (χ3v) is 4.04. The monoisotopic (exact) mass is 321 g/mol. The van der Waals surface area contributed by atoms with Crippen LogP contribution in [0.15, 0.2) is 33.6 Å². The summed E-state index contributed by atoms with van der Waals surface area (Å²) in [5.41, 5.74) is 0. The fourth-order valence-electron chi connectivity index (χ4n) is 0.921. The maximum Gasteiger partial charge on any atom is 0.328 e. The van der Waals surface area contributed by atoms with Crippen LogP contribution < -0.4 is 4.89 Å². The highest BCUT2D eigenvalue weighted by Crippen LogP contribution is 2.20. The molecule has 1 aromatic carbocycles. The average Bonchev–Trinajstić information content (AvgIpc) is 2.26. The van der Waals surface area contributed by atoms with E-state index in [1.54, 1.807) is 36.9 Å². The number of halogens is 1. The van der Waals surface area contributed by atoms with Gasteiger partial charge < -0.3 is 4.84 Å². The molecule has 7 heteroatoms. The summed E-state index contributed by atoms with van der Waals surface area (Å²) in [5, 5.41) is 0. The molecule has 0 saturated heterocycles. The third-order valence-electron chi connectivity index (χ3n) is 1.85. The first-order chi connectivity index (χ1) is 7.84. The lowest BCUT2D eigenvalue weighted by Crippen LogP contribution is -2.29. The van der Waals surface area contributed by atoms with Gasteiger partial charge in [-0.25, -0.2) is 8.42 Å². The predicted octanol–water partition coefficient (Wildman–Crippen LogP) is 1.84. The molecule has 0 fully saturated rings. The van der Waals surface area contributed by atoms with Gasteiger partial charge in [-0.1, -0.05) is 26.0 Å². The molecule has 0 heterocycles. The minimum Gasteiger partial charge on any atom is -0.355 e. The van der Waals surface area contributed by atoms with Crippen LogP contribution in [0.2, 0.25) is 0 Å². The number of carbonyl (C=O) groups is 1. The van der Waals surface area contributed by atoms with Gasteiger partial charge in [-0.05, 0) is 32.9 Å². The van der Waals surface area contributed by atoms with E-state index in [4.69, 9.17) is 0 Å². The second kappa shape index (κ2) is 5.61. The summed E-state index contributed by atoms with van der Waals surface area (Å²) in [6.45, 7) is 3.21. The fourth-order valence-corrected chi connectivity index (χ4v) is 2.71. The molecule has 0 aliphatic carbocycles. The van der Waals surface area contributed by atoms with Gasteiger partial charge in [0.1, 0.15) is 0 Å². The minimum absolute atomic E-state index is 0.0107. The van der Waals surface area contributed by atoms with E-state index < -0.39 is 21.9 Å². The largest absolute Gasteiger partial charge is 0.355 e. The lowest BCUT2D eigenvalue weighted by atomic mass is 10.2. The van der Waals surface area contributed by atoms with E-state index in [9.17, 15) is 13.2 Å². The van der Waals surface area contributed by atoms with Crippen LogP contribution in [-0.4, -0.2) is 14.4 Å². The summed E-state index contributed by atoms with van der Waals surface area (Å²) in [6.07, 6.45) is 0. The molecular weight excluding hydrogens is 310 g/mol. The van der Waals surface area contributed by atoms with E-state index in [-0.39, 0.29) is 4.90 Å². The first-order valence-corrected chi connectivity index (χ1v) is 7.09. The molecule has 0 radical (unpaired) electrons. The molecule has 0 aromatic heterocycles. The Kier molecular flexibility index (Phi) is 4.67. The van der Waals surface area contributed by atoms with Gasteiger partial charge in [-0.15, -0.1) is 0 Å². The first kappa shape index (κ1) is 14.1. The number of benzene rings is 1. The number of carbonyl (C=O) groups excluding carboxylic acids is 1. The van der Waals surface area contributed by atoms with Crippen LogP contribution in [-0.2, 0) is 19.7 Å². The van der Waals surface area contributed by atoms with Crippen LogP contribution in [0.25, 0.3) is 0 Å². The molecule has 94 valence electrons. The highest BCUT2D eigenvalue weighted by molar-refractivity contribution is 9.10. The standard InChI is InChI=1S/C10H12BrNO4S/c1-7(2)10(13)16-12-17(14,15)9-6-4-3-5-8(9)11/h3-7,12H,1-2H3. The highest BCUT2D eigenvalue weighted by Gasteiger charge is 2.20. The zero-order valence-electron chi connectivity index (χ0n) is 9.31. The van der Waals surface area contributed by atoms with E-state index in [2.05, 4.69) is 20.8 Å². The molecule has 17 heavy (non-hydrogen) atoms. The molecule has 0 aliphatic rings. The topological polar surface area (TPSA) is 72.5 Å². The van der Waals surface area contributed by atoms with Crippen molar-refractivity contribution in [2.24, 2.45) is 5.92 Å². The van der Waals surface area contributed by atoms with Crippen molar-refractivity contribution in [1.29, 1.82) is 0 Å². The lowest BCUT2D eigenvalue weighted by Gasteiger charge is -2.09. The maximum atomic E-state index is 11.8. The van der Waals surface area contributed by atoms with E-state index in [0.29, 0.717) is 4.47 Å². The van der Waals surface area contributed by atoms with Crippen molar-refractivity contribution in [2.45, 2.75) is 18.7 Å². The van der Waals surface area contributed by atoms with Crippen LogP contribution in [0, 0.1) is 5.92 Å². The molecule has 0 unspecified atom stereocenters. The summed E-state index contributed by atoms with van der Waals surface area (Å²) in [5.74, 6) is -1.04. The van der Waals surface area contributed by atoms with Gasteiger partial charge in [0, 0.05) is 4.47 Å². The maximum absolute atomic E-state index is 11.8. The van der Waals surface area contributed by atoms with Crippen LogP contribution in [0.4, 0.5) is 0 Å². The van der Waals surface area contributed by atoms with Crippen molar-refractivity contribution in [3.05, 3.63) is 28.7 Å². The normalized spacial score (nSPS) is 11.5. The quantitative estimate of drug-likeness (QED) is 0.859. The Morgan fingerprint density at radius 1 is 1.35 bits per heavy atom. The Morgan fingerprint density at radius 3 is 2.47 bits per heavy atom. The van der Waals surface area contributed by atoms with Crippen LogP contribution >= 0.6 is 15.9 Å². The number of nitrogens with one attached hydrogen (secondary N) is 1. The van der Waals surface area contributed by atoms with E-state index in [0.717, 1.165) is 0 Å². The van der Waals surface area contributed by atoms with Crippen molar-refractivity contribution in [3.63, 3.8) is 0 Å². The SMILES string of the molecule is CC(C)C(=O)ONS(=O)(=O)c1ccccc1Br. The second-order valence-corrected chi connectivity index (χ2v) is 6.06. The molecule has 0 amide bonds.